The lowest BCUT2D eigenvalue weighted by atomic mass is 9.84. The second kappa shape index (κ2) is 6.28. The molecule has 0 saturated carbocycles. The predicted molar refractivity (Wildman–Crippen MR) is 97.2 cm³/mol. The average molecular weight is 374 g/mol. The topological polar surface area (TPSA) is 115 Å². The first-order chi connectivity index (χ1) is 12.3. The molecule has 2 heterocycles. The number of ether oxygens (including phenoxy) is 1. The lowest BCUT2D eigenvalue weighted by Crippen LogP contribution is -2.43. The number of anilines is 1. The van der Waals surface area contributed by atoms with Crippen LogP contribution in [0.5, 0.6) is 5.75 Å². The van der Waals surface area contributed by atoms with Crippen LogP contribution in [0.15, 0.2) is 39.2 Å². The fourth-order valence-electron chi connectivity index (χ4n) is 3.10. The van der Waals surface area contributed by atoms with E-state index in [0.29, 0.717) is 16.3 Å². The first-order valence-electron chi connectivity index (χ1n) is 7.61. The van der Waals surface area contributed by atoms with Crippen molar-refractivity contribution in [2.24, 2.45) is 19.8 Å². The summed E-state index contributed by atoms with van der Waals surface area (Å²) in [5.41, 5.74) is 6.01. The molecule has 0 aliphatic carbocycles. The number of aromatic nitrogens is 2. The summed E-state index contributed by atoms with van der Waals surface area (Å²) in [7, 11) is 4.40. The number of halogens is 1. The van der Waals surface area contributed by atoms with Gasteiger partial charge in [0.15, 0.2) is 0 Å². The number of nitrogens with one attached hydrogen (secondary N) is 1. The molecule has 26 heavy (non-hydrogen) atoms. The minimum atomic E-state index is -0.759. The maximum atomic E-state index is 12.8. The standard InChI is InChI=1S/C17H16ClN5O3/c1-22-15-13(16(24)23(2)17(22)25)12(9(7-19)14(20)21-15)8-4-5-11(26-3)10(18)6-8/h4-6,12,21H,20H2,1-3H3/t12-/m0/s1. The molecule has 0 unspecified atom stereocenters. The zero-order valence-corrected chi connectivity index (χ0v) is 15.1. The van der Waals surface area contributed by atoms with Crippen LogP contribution in [0.1, 0.15) is 17.0 Å². The first kappa shape index (κ1) is 17.6. The predicted octanol–water partition coefficient (Wildman–Crippen LogP) is 0.997. The zero-order chi connectivity index (χ0) is 19.2. The average Bonchev–Trinajstić information content (AvgIpc) is 2.63. The van der Waals surface area contributed by atoms with E-state index in [0.717, 1.165) is 4.57 Å². The number of nitriles is 1. The molecule has 0 spiro atoms. The maximum Gasteiger partial charge on any atom is 0.332 e. The van der Waals surface area contributed by atoms with Gasteiger partial charge in [-0.25, -0.2) is 4.79 Å². The number of nitrogens with zero attached hydrogens (tertiary/aromatic N) is 3. The van der Waals surface area contributed by atoms with E-state index in [1.807, 2.05) is 0 Å². The van der Waals surface area contributed by atoms with Crippen molar-refractivity contribution in [3.05, 3.63) is 66.6 Å². The van der Waals surface area contributed by atoms with Gasteiger partial charge in [0.25, 0.3) is 5.56 Å². The molecular weight excluding hydrogens is 358 g/mol. The van der Waals surface area contributed by atoms with Crippen LogP contribution in [0.4, 0.5) is 5.82 Å². The van der Waals surface area contributed by atoms with Crippen molar-refractivity contribution in [3.63, 3.8) is 0 Å². The molecule has 0 bridgehead atoms. The summed E-state index contributed by atoms with van der Waals surface area (Å²) >= 11 is 6.22. The summed E-state index contributed by atoms with van der Waals surface area (Å²) in [6.45, 7) is 0. The van der Waals surface area contributed by atoms with Crippen LogP contribution in [0.25, 0.3) is 0 Å². The van der Waals surface area contributed by atoms with Gasteiger partial charge in [-0.05, 0) is 17.7 Å². The molecular formula is C17H16ClN5O3. The smallest absolute Gasteiger partial charge is 0.332 e. The molecule has 1 aliphatic heterocycles. The Morgan fingerprint density at radius 1 is 1.31 bits per heavy atom. The molecule has 0 saturated heterocycles. The fourth-order valence-corrected chi connectivity index (χ4v) is 3.36. The monoisotopic (exact) mass is 373 g/mol. The Bertz CT molecular complexity index is 1110. The SMILES string of the molecule is COc1ccc([C@H]2C(C#N)=C(N)Nc3c2c(=O)n(C)c(=O)n3C)cc1Cl. The van der Waals surface area contributed by atoms with Crippen molar-refractivity contribution < 1.29 is 4.74 Å². The number of rotatable bonds is 2. The third kappa shape index (κ3) is 2.45. The van der Waals surface area contributed by atoms with Gasteiger partial charge in [0, 0.05) is 14.1 Å². The van der Waals surface area contributed by atoms with E-state index >= 15 is 0 Å². The van der Waals surface area contributed by atoms with Crippen LogP contribution in [0.3, 0.4) is 0 Å². The summed E-state index contributed by atoms with van der Waals surface area (Å²) in [6, 6.07) is 7.03. The van der Waals surface area contributed by atoms with Gasteiger partial charge in [0.1, 0.15) is 17.4 Å². The van der Waals surface area contributed by atoms with Crippen molar-refractivity contribution in [1.82, 2.24) is 9.13 Å². The zero-order valence-electron chi connectivity index (χ0n) is 14.3. The van der Waals surface area contributed by atoms with E-state index < -0.39 is 17.2 Å². The first-order valence-corrected chi connectivity index (χ1v) is 7.99. The number of nitrogens with two attached hydrogens (primary N) is 1. The number of allylic oxidation sites excluding steroid dienone is 1. The van der Waals surface area contributed by atoms with Crippen LogP contribution < -0.4 is 27.0 Å². The van der Waals surface area contributed by atoms with E-state index in [2.05, 4.69) is 11.4 Å². The van der Waals surface area contributed by atoms with E-state index in [-0.39, 0.29) is 22.8 Å². The Morgan fingerprint density at radius 3 is 2.58 bits per heavy atom. The lowest BCUT2D eigenvalue weighted by molar-refractivity contribution is 0.415. The third-order valence-electron chi connectivity index (χ3n) is 4.45. The molecule has 3 N–H and O–H groups in total. The lowest BCUT2D eigenvalue weighted by Gasteiger charge is -2.28. The molecule has 0 fully saturated rings. The molecule has 0 radical (unpaired) electrons. The second-order valence-corrected chi connectivity index (χ2v) is 6.27. The summed E-state index contributed by atoms with van der Waals surface area (Å²) in [5, 5.41) is 12.7. The Hall–Kier alpha value is -3.18. The van der Waals surface area contributed by atoms with Crippen LogP contribution in [-0.4, -0.2) is 16.2 Å². The Morgan fingerprint density at radius 2 is 2.00 bits per heavy atom. The molecule has 1 atom stereocenters. The van der Waals surface area contributed by atoms with E-state index in [1.54, 1.807) is 18.2 Å². The number of fused-ring (bicyclic) bond motifs is 1. The van der Waals surface area contributed by atoms with Crippen LogP contribution >= 0.6 is 11.6 Å². The normalized spacial score (nSPS) is 15.9. The Labute approximate surface area is 153 Å². The van der Waals surface area contributed by atoms with E-state index in [1.165, 1.54) is 25.8 Å². The molecule has 3 rings (SSSR count). The van der Waals surface area contributed by atoms with Crippen molar-refractivity contribution >= 4 is 17.4 Å². The Balaban J connectivity index is 2.39. The quantitative estimate of drug-likeness (QED) is 0.811. The van der Waals surface area contributed by atoms with Crippen LogP contribution in [0.2, 0.25) is 5.02 Å². The summed E-state index contributed by atoms with van der Waals surface area (Å²) in [4.78, 5) is 25.1. The van der Waals surface area contributed by atoms with Gasteiger partial charge in [-0.15, -0.1) is 0 Å². The number of benzene rings is 1. The fraction of sp³-hybridized carbons (Fsp3) is 0.235. The highest BCUT2D eigenvalue weighted by Gasteiger charge is 2.34. The highest BCUT2D eigenvalue weighted by molar-refractivity contribution is 6.32. The second-order valence-electron chi connectivity index (χ2n) is 5.86. The van der Waals surface area contributed by atoms with Gasteiger partial charge in [-0.3, -0.25) is 13.9 Å². The number of hydrogen-bond donors (Lipinski definition) is 2. The van der Waals surface area contributed by atoms with Crippen molar-refractivity contribution in [2.45, 2.75) is 5.92 Å². The molecule has 0 amide bonds. The number of methoxy groups -OCH3 is 1. The molecule has 134 valence electrons. The highest BCUT2D eigenvalue weighted by Crippen LogP contribution is 2.40. The van der Waals surface area contributed by atoms with E-state index in [9.17, 15) is 14.9 Å². The largest absolute Gasteiger partial charge is 0.495 e. The molecule has 8 nitrogen and oxygen atoms in total. The molecule has 1 aromatic carbocycles. The summed E-state index contributed by atoms with van der Waals surface area (Å²) in [6.07, 6.45) is 0. The molecule has 1 aromatic heterocycles. The van der Waals surface area contributed by atoms with Crippen molar-refractivity contribution in [1.29, 1.82) is 5.26 Å². The molecule has 1 aliphatic rings. The van der Waals surface area contributed by atoms with Crippen LogP contribution in [0, 0.1) is 11.3 Å². The van der Waals surface area contributed by atoms with Gasteiger partial charge in [-0.1, -0.05) is 17.7 Å². The summed E-state index contributed by atoms with van der Waals surface area (Å²) in [5.74, 6) is 0.0466. The van der Waals surface area contributed by atoms with Gasteiger partial charge in [0.2, 0.25) is 0 Å². The van der Waals surface area contributed by atoms with Gasteiger partial charge in [0.05, 0.1) is 35.3 Å². The third-order valence-corrected chi connectivity index (χ3v) is 4.75. The van der Waals surface area contributed by atoms with Gasteiger partial charge >= 0.3 is 5.69 Å². The number of hydrogen-bond acceptors (Lipinski definition) is 6. The van der Waals surface area contributed by atoms with E-state index in [4.69, 9.17) is 22.1 Å². The molecule has 2 aromatic rings. The van der Waals surface area contributed by atoms with Crippen molar-refractivity contribution in [2.75, 3.05) is 12.4 Å². The minimum absolute atomic E-state index is 0.0835. The van der Waals surface area contributed by atoms with Crippen LogP contribution in [-0.2, 0) is 14.1 Å². The Kier molecular flexibility index (Phi) is 4.26. The molecule has 9 heteroatoms. The summed E-state index contributed by atoms with van der Waals surface area (Å²) < 4.78 is 7.43. The minimum Gasteiger partial charge on any atom is -0.495 e. The highest BCUT2D eigenvalue weighted by atomic mass is 35.5. The van der Waals surface area contributed by atoms with Gasteiger partial charge in [-0.2, -0.15) is 5.26 Å². The maximum absolute atomic E-state index is 12.8. The van der Waals surface area contributed by atoms with Crippen molar-refractivity contribution in [3.8, 4) is 11.8 Å². The van der Waals surface area contributed by atoms with Gasteiger partial charge < -0.3 is 15.8 Å².